The van der Waals surface area contributed by atoms with Crippen molar-refractivity contribution in [3.63, 3.8) is 0 Å². The van der Waals surface area contributed by atoms with E-state index >= 15 is 0 Å². The molecular weight excluding hydrogens is 574 g/mol. The van der Waals surface area contributed by atoms with Gasteiger partial charge in [-0.1, -0.05) is 39.0 Å². The molecule has 11 nitrogen and oxygen atoms in total. The van der Waals surface area contributed by atoms with E-state index in [0.717, 1.165) is 70.6 Å². The Kier molecular flexibility index (Phi) is 11.6. The van der Waals surface area contributed by atoms with Gasteiger partial charge >= 0.3 is 12.0 Å². The zero-order valence-electron chi connectivity index (χ0n) is 27.1. The maximum atomic E-state index is 13.8. The fraction of sp³-hybridized carbons (Fsp3) is 0.853. The van der Waals surface area contributed by atoms with Crippen molar-refractivity contribution >= 4 is 29.7 Å². The third kappa shape index (κ3) is 8.91. The van der Waals surface area contributed by atoms with Crippen LogP contribution in [0.5, 0.6) is 0 Å². The summed E-state index contributed by atoms with van der Waals surface area (Å²) in [6, 6.07) is 0.114. The van der Waals surface area contributed by atoms with Crippen LogP contribution in [0.25, 0.3) is 0 Å². The molecule has 4 aliphatic carbocycles. The Bertz CT molecular complexity index is 1070. The van der Waals surface area contributed by atoms with Gasteiger partial charge in [0.1, 0.15) is 0 Å². The first kappa shape index (κ1) is 33.5. The zero-order valence-corrected chi connectivity index (χ0v) is 27.1. The third-order valence-corrected chi connectivity index (χ3v) is 11.4. The monoisotopic (exact) mass is 629 g/mol. The van der Waals surface area contributed by atoms with E-state index in [2.05, 4.69) is 22.9 Å². The largest absolute Gasteiger partial charge is 0.481 e. The van der Waals surface area contributed by atoms with E-state index in [1.165, 1.54) is 24.2 Å². The van der Waals surface area contributed by atoms with Gasteiger partial charge in [-0.3, -0.25) is 19.2 Å². The third-order valence-electron chi connectivity index (χ3n) is 11.4. The zero-order chi connectivity index (χ0) is 31.9. The van der Waals surface area contributed by atoms with Gasteiger partial charge in [-0.2, -0.15) is 0 Å². The van der Waals surface area contributed by atoms with Crippen LogP contribution in [0.2, 0.25) is 0 Å². The number of rotatable bonds is 9. The molecule has 1 heterocycles. The lowest BCUT2D eigenvalue weighted by Crippen LogP contribution is -2.55. The molecule has 11 heteroatoms. The molecule has 0 aromatic carbocycles. The highest BCUT2D eigenvalue weighted by atomic mass is 16.4. The smallest absolute Gasteiger partial charge is 0.315 e. The summed E-state index contributed by atoms with van der Waals surface area (Å²) < 4.78 is 0. The van der Waals surface area contributed by atoms with Crippen LogP contribution in [-0.2, 0) is 19.2 Å². The number of urea groups is 1. The molecule has 5 fully saturated rings. The molecule has 0 bridgehead atoms. The molecule has 5 unspecified atom stereocenters. The second kappa shape index (κ2) is 15.6. The van der Waals surface area contributed by atoms with Gasteiger partial charge in [-0.15, -0.1) is 0 Å². The maximum Gasteiger partial charge on any atom is 0.315 e. The number of carbonyl (C=O) groups is 5. The van der Waals surface area contributed by atoms with Crippen molar-refractivity contribution in [3.05, 3.63) is 0 Å². The van der Waals surface area contributed by atoms with E-state index in [9.17, 15) is 29.1 Å². The highest BCUT2D eigenvalue weighted by Crippen LogP contribution is 2.37. The number of carboxylic acids is 1. The number of carbonyl (C=O) groups excluding carboxylic acids is 4. The summed E-state index contributed by atoms with van der Waals surface area (Å²) in [6.45, 7) is 2.17. The van der Waals surface area contributed by atoms with Gasteiger partial charge < -0.3 is 30.9 Å². The molecule has 4 N–H and O–H groups in total. The van der Waals surface area contributed by atoms with Crippen molar-refractivity contribution in [2.45, 2.75) is 153 Å². The van der Waals surface area contributed by atoms with Crippen LogP contribution in [0.1, 0.15) is 122 Å². The fourth-order valence-corrected chi connectivity index (χ4v) is 8.87. The van der Waals surface area contributed by atoms with Gasteiger partial charge in [0.05, 0.1) is 18.9 Å². The summed E-state index contributed by atoms with van der Waals surface area (Å²) in [6.07, 6.45) is 15.4. The van der Waals surface area contributed by atoms with Gasteiger partial charge in [-0.25, -0.2) is 4.79 Å². The van der Waals surface area contributed by atoms with E-state index in [0.29, 0.717) is 25.2 Å². The van der Waals surface area contributed by atoms with E-state index < -0.39 is 11.9 Å². The topological polar surface area (TPSA) is 148 Å². The van der Waals surface area contributed by atoms with Crippen molar-refractivity contribution in [2.75, 3.05) is 13.1 Å². The molecule has 1 saturated heterocycles. The number of fused-ring (bicyclic) bond motifs is 1. The summed E-state index contributed by atoms with van der Waals surface area (Å²) in [5.41, 5.74) is 0. The van der Waals surface area contributed by atoms with Crippen molar-refractivity contribution in [3.8, 4) is 0 Å². The Morgan fingerprint density at radius 1 is 0.800 bits per heavy atom. The molecule has 45 heavy (non-hydrogen) atoms. The highest BCUT2D eigenvalue weighted by molar-refractivity contribution is 5.90. The molecule has 0 aromatic heterocycles. The number of hydrogen-bond donors (Lipinski definition) is 4. The maximum absolute atomic E-state index is 13.8. The molecule has 252 valence electrons. The minimum absolute atomic E-state index is 0.00269. The molecule has 5 aliphatic rings. The fourth-order valence-electron chi connectivity index (χ4n) is 8.87. The molecule has 4 saturated carbocycles. The standard InChI is InChI=1S/C34H55N5O6/c1-22-7-5-6-10-28(22)37-34(45)36-24-13-11-23(12-14-24)19-30(40)35-25-15-16-29-27(20-25)33(44)38(18-17-32(42)43)21-31(41)39(29)26-8-3-2-4-9-26/h22-29H,2-21H2,1H3,(H,35,40)(H,42,43)(H2,36,37,45). The van der Waals surface area contributed by atoms with Crippen LogP contribution in [0.3, 0.4) is 0 Å². The van der Waals surface area contributed by atoms with Crippen LogP contribution in [0, 0.1) is 17.8 Å². The molecule has 0 spiro atoms. The van der Waals surface area contributed by atoms with Gasteiger partial charge in [0.2, 0.25) is 17.7 Å². The number of aliphatic carboxylic acids is 1. The number of nitrogens with one attached hydrogen (secondary N) is 3. The Labute approximate surface area is 268 Å². The number of nitrogens with zero attached hydrogens (tertiary/aromatic N) is 2. The number of hydrogen-bond acceptors (Lipinski definition) is 5. The van der Waals surface area contributed by atoms with Crippen LogP contribution < -0.4 is 16.0 Å². The molecule has 0 radical (unpaired) electrons. The molecule has 5 amide bonds. The van der Waals surface area contributed by atoms with E-state index in [1.54, 1.807) is 0 Å². The lowest BCUT2D eigenvalue weighted by atomic mass is 9.78. The second-order valence-electron chi connectivity index (χ2n) is 14.7. The summed E-state index contributed by atoms with van der Waals surface area (Å²) in [5.74, 6) is -0.856. The van der Waals surface area contributed by atoms with Crippen molar-refractivity contribution in [1.29, 1.82) is 0 Å². The van der Waals surface area contributed by atoms with Crippen LogP contribution >= 0.6 is 0 Å². The van der Waals surface area contributed by atoms with Gasteiger partial charge in [0.25, 0.3) is 0 Å². The molecule has 5 atom stereocenters. The highest BCUT2D eigenvalue weighted by Gasteiger charge is 2.47. The average Bonchev–Trinajstić information content (AvgIpc) is 3.12. The van der Waals surface area contributed by atoms with E-state index in [1.807, 2.05) is 4.90 Å². The van der Waals surface area contributed by atoms with E-state index in [-0.39, 0.29) is 79.4 Å². The lowest BCUT2D eigenvalue weighted by Gasteiger charge is -2.44. The predicted molar refractivity (Wildman–Crippen MR) is 169 cm³/mol. The summed E-state index contributed by atoms with van der Waals surface area (Å²) >= 11 is 0. The van der Waals surface area contributed by atoms with E-state index in [4.69, 9.17) is 0 Å². The lowest BCUT2D eigenvalue weighted by molar-refractivity contribution is -0.141. The molecular formula is C34H55N5O6. The Balaban J connectivity index is 1.11. The number of amides is 5. The quantitative estimate of drug-likeness (QED) is 0.304. The van der Waals surface area contributed by atoms with Gasteiger partial charge in [0.15, 0.2) is 0 Å². The first-order valence-electron chi connectivity index (χ1n) is 17.9. The van der Waals surface area contributed by atoms with Gasteiger partial charge in [0, 0.05) is 43.2 Å². The normalized spacial score (nSPS) is 33.1. The molecule has 1 aliphatic heterocycles. The molecule has 0 aromatic rings. The first-order chi connectivity index (χ1) is 21.7. The minimum atomic E-state index is -0.990. The Hall–Kier alpha value is -2.85. The van der Waals surface area contributed by atoms with Crippen LogP contribution in [0.15, 0.2) is 0 Å². The average molecular weight is 630 g/mol. The predicted octanol–water partition coefficient (Wildman–Crippen LogP) is 3.94. The second-order valence-corrected chi connectivity index (χ2v) is 14.7. The Morgan fingerprint density at radius 2 is 1.49 bits per heavy atom. The van der Waals surface area contributed by atoms with Crippen LogP contribution in [-0.4, -0.2) is 87.9 Å². The summed E-state index contributed by atoms with van der Waals surface area (Å²) in [5, 5.41) is 18.8. The first-order valence-corrected chi connectivity index (χ1v) is 17.9. The SMILES string of the molecule is CC1CCCCC1NC(=O)NC1CCC(CC(=O)NC2CCC3C(C2)C(=O)N(CCC(=O)O)CC(=O)N3C2CCCCC2)CC1. The van der Waals surface area contributed by atoms with Crippen molar-refractivity contribution in [1.82, 2.24) is 25.8 Å². The number of carboxylic acid groups (broad SMARTS) is 1. The Morgan fingerprint density at radius 3 is 2.20 bits per heavy atom. The van der Waals surface area contributed by atoms with Crippen molar-refractivity contribution in [2.24, 2.45) is 17.8 Å². The minimum Gasteiger partial charge on any atom is -0.481 e. The summed E-state index contributed by atoms with van der Waals surface area (Å²) in [7, 11) is 0. The van der Waals surface area contributed by atoms with Crippen molar-refractivity contribution < 1.29 is 29.1 Å². The molecule has 5 rings (SSSR count). The summed E-state index contributed by atoms with van der Waals surface area (Å²) in [4.78, 5) is 67.8. The van der Waals surface area contributed by atoms with Gasteiger partial charge in [-0.05, 0) is 82.5 Å². The van der Waals surface area contributed by atoms with Crippen LogP contribution in [0.4, 0.5) is 4.79 Å².